The molecule has 0 aliphatic heterocycles. The van der Waals surface area contributed by atoms with Gasteiger partial charge in [-0.3, -0.25) is 0 Å². The van der Waals surface area contributed by atoms with Gasteiger partial charge in [-0.15, -0.1) is 0 Å². The Balaban J connectivity index is 1.44. The minimum absolute atomic E-state index is 0.0649. The molecule has 4 rings (SSSR count). The molecule has 1 aliphatic carbocycles. The molecule has 1 unspecified atom stereocenters. The summed E-state index contributed by atoms with van der Waals surface area (Å²) in [6, 6.07) is 18.2. The van der Waals surface area contributed by atoms with E-state index in [1.807, 2.05) is 48.5 Å². The van der Waals surface area contributed by atoms with Crippen LogP contribution in [0.5, 0.6) is 0 Å². The summed E-state index contributed by atoms with van der Waals surface area (Å²) in [6.07, 6.45) is -5.12. The van der Waals surface area contributed by atoms with Gasteiger partial charge in [0.2, 0.25) is 0 Å². The van der Waals surface area contributed by atoms with Crippen molar-refractivity contribution in [3.63, 3.8) is 0 Å². The second-order valence-corrected chi connectivity index (χ2v) is 10.8. The summed E-state index contributed by atoms with van der Waals surface area (Å²) in [7, 11) is 0. The van der Waals surface area contributed by atoms with E-state index < -0.39 is 40.5 Å². The van der Waals surface area contributed by atoms with Crippen molar-refractivity contribution >= 4 is 23.7 Å². The number of aryl methyl sites for hydroxylation is 1. The molecule has 0 fully saturated rings. The van der Waals surface area contributed by atoms with Crippen LogP contribution in [-0.2, 0) is 26.9 Å². The molecular weight excluding hydrogens is 531 g/mol. The average Bonchev–Trinajstić information content (AvgIpc) is 3.17. The number of carbonyl (C=O) groups is 2. The lowest BCUT2D eigenvalue weighted by molar-refractivity contribution is -0.157. The molecule has 0 heterocycles. The fraction of sp³-hybridized carbons (Fsp3) is 0.333. The van der Waals surface area contributed by atoms with Gasteiger partial charge < -0.3 is 14.8 Å². The Morgan fingerprint density at radius 2 is 1.54 bits per heavy atom. The van der Waals surface area contributed by atoms with E-state index in [-0.39, 0.29) is 25.4 Å². The summed E-state index contributed by atoms with van der Waals surface area (Å²) in [5.41, 5.74) is 3.01. The van der Waals surface area contributed by atoms with Gasteiger partial charge in [-0.2, -0.15) is 13.2 Å². The predicted molar refractivity (Wildman–Crippen MR) is 143 cm³/mol. The molecule has 206 valence electrons. The third-order valence-electron chi connectivity index (χ3n) is 6.39. The van der Waals surface area contributed by atoms with Gasteiger partial charge in [0, 0.05) is 5.92 Å². The zero-order valence-corrected chi connectivity index (χ0v) is 22.5. The van der Waals surface area contributed by atoms with E-state index in [4.69, 9.17) is 21.1 Å². The van der Waals surface area contributed by atoms with Crippen LogP contribution in [0.25, 0.3) is 11.1 Å². The number of esters is 1. The minimum atomic E-state index is -4.57. The maximum atomic E-state index is 13.0. The van der Waals surface area contributed by atoms with Gasteiger partial charge in [-0.1, -0.05) is 66.2 Å². The predicted octanol–water partition coefficient (Wildman–Crippen LogP) is 7.54. The summed E-state index contributed by atoms with van der Waals surface area (Å²) in [6.45, 7) is 5.16. The number of hydrogen-bond acceptors (Lipinski definition) is 4. The molecule has 39 heavy (non-hydrogen) atoms. The minimum Gasteiger partial charge on any atom is -0.458 e. The van der Waals surface area contributed by atoms with Crippen LogP contribution in [0.2, 0.25) is 5.02 Å². The van der Waals surface area contributed by atoms with E-state index in [9.17, 15) is 22.8 Å². The van der Waals surface area contributed by atoms with Crippen LogP contribution in [0.1, 0.15) is 55.4 Å². The topological polar surface area (TPSA) is 64.6 Å². The maximum Gasteiger partial charge on any atom is 0.417 e. The van der Waals surface area contributed by atoms with Gasteiger partial charge in [-0.25, -0.2) is 9.59 Å². The largest absolute Gasteiger partial charge is 0.458 e. The Labute approximate surface area is 230 Å². The lowest BCUT2D eigenvalue weighted by Gasteiger charge is -2.25. The second kappa shape index (κ2) is 11.3. The number of hydrogen-bond donors (Lipinski definition) is 1. The summed E-state index contributed by atoms with van der Waals surface area (Å²) in [5, 5.41) is 2.15. The number of halogens is 4. The first-order valence-electron chi connectivity index (χ1n) is 12.5. The molecule has 0 aromatic heterocycles. The van der Waals surface area contributed by atoms with Gasteiger partial charge in [0.1, 0.15) is 18.2 Å². The number of ether oxygens (including phenoxy) is 2. The average molecular weight is 560 g/mol. The van der Waals surface area contributed by atoms with Crippen molar-refractivity contribution in [2.24, 2.45) is 0 Å². The first-order valence-corrected chi connectivity index (χ1v) is 12.9. The highest BCUT2D eigenvalue weighted by molar-refractivity contribution is 6.31. The number of alkyl halides is 3. The molecule has 0 radical (unpaired) electrons. The molecule has 0 spiro atoms. The fourth-order valence-electron chi connectivity index (χ4n) is 4.66. The summed E-state index contributed by atoms with van der Waals surface area (Å²) >= 11 is 5.84. The van der Waals surface area contributed by atoms with Crippen LogP contribution >= 0.6 is 11.6 Å². The summed E-state index contributed by atoms with van der Waals surface area (Å²) in [5.74, 6) is -0.827. The number of benzene rings is 3. The van der Waals surface area contributed by atoms with E-state index in [1.165, 1.54) is 12.1 Å². The highest BCUT2D eigenvalue weighted by Crippen LogP contribution is 2.44. The van der Waals surface area contributed by atoms with Gasteiger partial charge in [0.05, 0.1) is 10.6 Å². The van der Waals surface area contributed by atoms with Crippen molar-refractivity contribution in [1.29, 1.82) is 0 Å². The van der Waals surface area contributed by atoms with E-state index in [2.05, 4.69) is 5.32 Å². The van der Waals surface area contributed by atoms with Crippen LogP contribution in [0.4, 0.5) is 18.0 Å². The van der Waals surface area contributed by atoms with Crippen LogP contribution in [0.3, 0.4) is 0 Å². The number of carbonyl (C=O) groups excluding carboxylic acids is 2. The van der Waals surface area contributed by atoms with Crippen molar-refractivity contribution in [3.8, 4) is 11.1 Å². The highest BCUT2D eigenvalue weighted by Gasteiger charge is 2.34. The molecule has 1 aliphatic rings. The number of amides is 1. The first kappa shape index (κ1) is 28.5. The van der Waals surface area contributed by atoms with Gasteiger partial charge >= 0.3 is 18.2 Å². The molecule has 3 aromatic rings. The Bertz CT molecular complexity index is 1320. The summed E-state index contributed by atoms with van der Waals surface area (Å²) in [4.78, 5) is 25.7. The molecule has 5 nitrogen and oxygen atoms in total. The quantitative estimate of drug-likeness (QED) is 0.304. The van der Waals surface area contributed by atoms with Crippen molar-refractivity contribution in [2.45, 2.75) is 57.3 Å². The summed E-state index contributed by atoms with van der Waals surface area (Å²) < 4.78 is 50.2. The van der Waals surface area contributed by atoms with Crippen molar-refractivity contribution in [3.05, 3.63) is 94.0 Å². The van der Waals surface area contributed by atoms with Gasteiger partial charge in [-0.05, 0) is 73.6 Å². The number of nitrogens with one attached hydrogen (secondary N) is 1. The Hall–Kier alpha value is -3.52. The van der Waals surface area contributed by atoms with E-state index in [1.54, 1.807) is 20.8 Å². The molecule has 0 saturated heterocycles. The Morgan fingerprint density at radius 3 is 2.08 bits per heavy atom. The SMILES string of the molecule is CC(C)(C)OC(=O)C(CCc1ccc(C(F)(F)F)c(Cl)c1)NC(=O)OCC1c2ccccc2-c2ccccc21. The molecular formula is C30H29ClF3NO4. The van der Waals surface area contributed by atoms with Gasteiger partial charge in [0.15, 0.2) is 0 Å². The third-order valence-corrected chi connectivity index (χ3v) is 6.70. The monoisotopic (exact) mass is 559 g/mol. The molecule has 1 atom stereocenters. The molecule has 0 saturated carbocycles. The van der Waals surface area contributed by atoms with Crippen molar-refractivity contribution < 1.29 is 32.2 Å². The Morgan fingerprint density at radius 1 is 0.949 bits per heavy atom. The van der Waals surface area contributed by atoms with Crippen LogP contribution in [-0.4, -0.2) is 30.3 Å². The van der Waals surface area contributed by atoms with Crippen molar-refractivity contribution in [2.75, 3.05) is 6.61 Å². The van der Waals surface area contributed by atoms with E-state index in [0.29, 0.717) is 5.56 Å². The number of alkyl carbamates (subject to hydrolysis) is 1. The smallest absolute Gasteiger partial charge is 0.417 e. The zero-order chi connectivity index (χ0) is 28.4. The standard InChI is InChI=1S/C30H29ClF3NO4/c1-29(2,3)39-27(36)26(15-13-18-12-14-24(25(31)16-18)30(32,33)34)35-28(37)38-17-23-21-10-6-4-8-19(21)20-9-5-7-11-22(20)23/h4-12,14,16,23,26H,13,15,17H2,1-3H3,(H,35,37). The third kappa shape index (κ3) is 6.92. The maximum absolute atomic E-state index is 13.0. The van der Waals surface area contributed by atoms with E-state index in [0.717, 1.165) is 28.3 Å². The molecule has 9 heteroatoms. The van der Waals surface area contributed by atoms with E-state index >= 15 is 0 Å². The second-order valence-electron chi connectivity index (χ2n) is 10.4. The van der Waals surface area contributed by atoms with Crippen molar-refractivity contribution in [1.82, 2.24) is 5.32 Å². The number of fused-ring (bicyclic) bond motifs is 3. The normalized spacial score (nSPS) is 13.8. The van der Waals surface area contributed by atoms with Crippen LogP contribution in [0, 0.1) is 0 Å². The lowest BCUT2D eigenvalue weighted by Crippen LogP contribution is -2.45. The Kier molecular flexibility index (Phi) is 8.25. The molecule has 0 bridgehead atoms. The molecule has 1 N–H and O–H groups in total. The molecule has 1 amide bonds. The zero-order valence-electron chi connectivity index (χ0n) is 21.8. The molecule has 3 aromatic carbocycles. The highest BCUT2D eigenvalue weighted by atomic mass is 35.5. The van der Waals surface area contributed by atoms with Gasteiger partial charge in [0.25, 0.3) is 0 Å². The lowest BCUT2D eigenvalue weighted by atomic mass is 9.98. The first-order chi connectivity index (χ1) is 18.3. The fourth-order valence-corrected chi connectivity index (χ4v) is 4.97. The van der Waals surface area contributed by atoms with Crippen LogP contribution < -0.4 is 5.32 Å². The number of rotatable bonds is 7. The van der Waals surface area contributed by atoms with Crippen LogP contribution in [0.15, 0.2) is 66.7 Å².